The van der Waals surface area contributed by atoms with E-state index in [4.69, 9.17) is 16.6 Å². The normalized spacial score (nSPS) is 22.8. The van der Waals surface area contributed by atoms with Gasteiger partial charge in [-0.25, -0.2) is 9.37 Å². The molecule has 1 heterocycles. The Morgan fingerprint density at radius 3 is 2.90 bits per heavy atom. The molecule has 0 radical (unpaired) electrons. The average molecular weight is 309 g/mol. The number of alkyl halides is 1. The molecule has 3 rings (SSSR count). The van der Waals surface area contributed by atoms with Crippen LogP contribution in [0.2, 0.25) is 0 Å². The van der Waals surface area contributed by atoms with Crippen LogP contribution in [0.3, 0.4) is 0 Å². The number of aromatic nitrogens is 2. The van der Waals surface area contributed by atoms with Crippen LogP contribution in [-0.4, -0.2) is 15.4 Å². The van der Waals surface area contributed by atoms with Gasteiger partial charge >= 0.3 is 0 Å². The molecule has 1 aromatic heterocycles. The summed E-state index contributed by atoms with van der Waals surface area (Å²) in [6.45, 7) is 2.25. The summed E-state index contributed by atoms with van der Waals surface area (Å²) in [5.74, 6) is 2.03. The van der Waals surface area contributed by atoms with Crippen LogP contribution in [0.15, 0.2) is 18.2 Å². The molecule has 2 aromatic rings. The lowest BCUT2D eigenvalue weighted by Crippen LogP contribution is -2.24. The van der Waals surface area contributed by atoms with E-state index in [2.05, 4.69) is 11.5 Å². The molecule has 0 aliphatic heterocycles. The smallest absolute Gasteiger partial charge is 0.125 e. The highest BCUT2D eigenvalue weighted by molar-refractivity contribution is 6.17. The highest BCUT2D eigenvalue weighted by atomic mass is 35.5. The Labute approximate surface area is 130 Å². The monoisotopic (exact) mass is 308 g/mol. The molecule has 1 saturated carbocycles. The van der Waals surface area contributed by atoms with Crippen LogP contribution < -0.4 is 0 Å². The molecule has 2 atom stereocenters. The zero-order valence-electron chi connectivity index (χ0n) is 12.5. The van der Waals surface area contributed by atoms with E-state index >= 15 is 0 Å². The molecule has 21 heavy (non-hydrogen) atoms. The van der Waals surface area contributed by atoms with Gasteiger partial charge in [-0.15, -0.1) is 11.6 Å². The molecule has 0 spiro atoms. The third kappa shape index (κ3) is 2.80. The fourth-order valence-electron chi connectivity index (χ4n) is 3.75. The second-order valence-corrected chi connectivity index (χ2v) is 6.37. The second-order valence-electron chi connectivity index (χ2n) is 5.99. The molecule has 0 amide bonds. The lowest BCUT2D eigenvalue weighted by molar-refractivity contribution is 0.233. The Bertz CT molecular complexity index is 623. The Morgan fingerprint density at radius 1 is 1.33 bits per heavy atom. The van der Waals surface area contributed by atoms with Gasteiger partial charge in [-0.2, -0.15) is 0 Å². The predicted octanol–water partition coefficient (Wildman–Crippen LogP) is 5.10. The molecule has 1 aliphatic rings. The molecule has 0 saturated heterocycles. The van der Waals surface area contributed by atoms with E-state index < -0.39 is 0 Å². The van der Waals surface area contributed by atoms with Gasteiger partial charge in [-0.3, -0.25) is 0 Å². The van der Waals surface area contributed by atoms with E-state index in [9.17, 15) is 4.39 Å². The van der Waals surface area contributed by atoms with Crippen molar-refractivity contribution in [2.45, 2.75) is 51.5 Å². The third-order valence-electron chi connectivity index (χ3n) is 4.77. The SMILES string of the molecule is CCC1CCCCC1n1c(CCCl)nc2ccc(F)cc21. The molecule has 1 aliphatic carbocycles. The van der Waals surface area contributed by atoms with Crippen molar-refractivity contribution in [3.63, 3.8) is 0 Å². The fourth-order valence-corrected chi connectivity index (χ4v) is 3.92. The fraction of sp³-hybridized carbons (Fsp3) is 0.588. The number of aryl methyl sites for hydroxylation is 1. The molecule has 0 N–H and O–H groups in total. The molecule has 1 fully saturated rings. The molecule has 2 nitrogen and oxygen atoms in total. The van der Waals surface area contributed by atoms with Crippen LogP contribution in [0.25, 0.3) is 11.0 Å². The first-order valence-electron chi connectivity index (χ1n) is 7.97. The van der Waals surface area contributed by atoms with Gasteiger partial charge in [0.2, 0.25) is 0 Å². The molecule has 114 valence electrons. The average Bonchev–Trinajstić information content (AvgIpc) is 2.84. The minimum absolute atomic E-state index is 0.190. The van der Waals surface area contributed by atoms with Gasteiger partial charge in [-0.05, 0) is 37.0 Å². The third-order valence-corrected chi connectivity index (χ3v) is 4.96. The van der Waals surface area contributed by atoms with E-state index in [-0.39, 0.29) is 5.82 Å². The number of hydrogen-bond acceptors (Lipinski definition) is 1. The molecular weight excluding hydrogens is 287 g/mol. The first-order valence-corrected chi connectivity index (χ1v) is 8.50. The predicted molar refractivity (Wildman–Crippen MR) is 85.4 cm³/mol. The van der Waals surface area contributed by atoms with E-state index in [1.54, 1.807) is 12.1 Å². The Morgan fingerprint density at radius 2 is 2.14 bits per heavy atom. The van der Waals surface area contributed by atoms with Gasteiger partial charge in [0.05, 0.1) is 11.0 Å². The molecule has 4 heteroatoms. The number of hydrogen-bond donors (Lipinski definition) is 0. The van der Waals surface area contributed by atoms with Crippen molar-refractivity contribution in [3.05, 3.63) is 29.8 Å². The first kappa shape index (κ1) is 14.8. The Kier molecular flexibility index (Phi) is 4.48. The van der Waals surface area contributed by atoms with Gasteiger partial charge in [0.25, 0.3) is 0 Å². The zero-order valence-corrected chi connectivity index (χ0v) is 13.2. The van der Waals surface area contributed by atoms with Crippen molar-refractivity contribution in [2.75, 3.05) is 5.88 Å². The highest BCUT2D eigenvalue weighted by Crippen LogP contribution is 2.38. The lowest BCUT2D eigenvalue weighted by atomic mass is 9.82. The summed E-state index contributed by atoms with van der Waals surface area (Å²) in [5, 5.41) is 0. The van der Waals surface area contributed by atoms with Crippen molar-refractivity contribution in [2.24, 2.45) is 5.92 Å². The molecule has 1 aromatic carbocycles. The van der Waals surface area contributed by atoms with Gasteiger partial charge in [-0.1, -0.05) is 26.2 Å². The minimum Gasteiger partial charge on any atom is -0.324 e. The van der Waals surface area contributed by atoms with E-state index in [0.717, 1.165) is 29.7 Å². The first-order chi connectivity index (χ1) is 10.2. The summed E-state index contributed by atoms with van der Waals surface area (Å²) >= 11 is 5.95. The molecular formula is C17H22ClFN2. The number of rotatable bonds is 4. The van der Waals surface area contributed by atoms with E-state index in [1.165, 1.54) is 31.7 Å². The summed E-state index contributed by atoms with van der Waals surface area (Å²) in [4.78, 5) is 4.70. The number of halogens is 2. The highest BCUT2D eigenvalue weighted by Gasteiger charge is 2.28. The zero-order chi connectivity index (χ0) is 14.8. The maximum Gasteiger partial charge on any atom is 0.125 e. The summed E-state index contributed by atoms with van der Waals surface area (Å²) in [5.41, 5.74) is 1.82. The van der Waals surface area contributed by atoms with Crippen LogP contribution >= 0.6 is 11.6 Å². The standard InChI is InChI=1S/C17H22ClFN2/c1-2-12-5-3-4-6-15(12)21-16-11-13(19)7-8-14(16)20-17(21)9-10-18/h7-8,11-12,15H,2-6,9-10H2,1H3. The van der Waals surface area contributed by atoms with Crippen molar-refractivity contribution < 1.29 is 4.39 Å². The maximum atomic E-state index is 13.7. The van der Waals surface area contributed by atoms with Gasteiger partial charge in [0, 0.05) is 18.3 Å². The van der Waals surface area contributed by atoms with Gasteiger partial charge < -0.3 is 4.57 Å². The summed E-state index contributed by atoms with van der Waals surface area (Å²) < 4.78 is 16.0. The van der Waals surface area contributed by atoms with Crippen LogP contribution in [0.4, 0.5) is 4.39 Å². The van der Waals surface area contributed by atoms with Crippen molar-refractivity contribution >= 4 is 22.6 Å². The Balaban J connectivity index is 2.13. The second kappa shape index (κ2) is 6.35. The van der Waals surface area contributed by atoms with Crippen LogP contribution in [0.5, 0.6) is 0 Å². The minimum atomic E-state index is -0.190. The van der Waals surface area contributed by atoms with E-state index in [0.29, 0.717) is 17.8 Å². The van der Waals surface area contributed by atoms with Gasteiger partial charge in [0.15, 0.2) is 0 Å². The number of benzene rings is 1. The van der Waals surface area contributed by atoms with Crippen LogP contribution in [-0.2, 0) is 6.42 Å². The van der Waals surface area contributed by atoms with Crippen molar-refractivity contribution in [1.29, 1.82) is 0 Å². The van der Waals surface area contributed by atoms with E-state index in [1.807, 2.05) is 0 Å². The Hall–Kier alpha value is -1.09. The molecule has 2 unspecified atom stereocenters. The van der Waals surface area contributed by atoms with Gasteiger partial charge in [0.1, 0.15) is 11.6 Å². The van der Waals surface area contributed by atoms with Crippen molar-refractivity contribution in [1.82, 2.24) is 9.55 Å². The number of nitrogens with zero attached hydrogens (tertiary/aromatic N) is 2. The number of imidazole rings is 1. The van der Waals surface area contributed by atoms with Crippen LogP contribution in [0.1, 0.15) is 50.9 Å². The van der Waals surface area contributed by atoms with Crippen molar-refractivity contribution in [3.8, 4) is 0 Å². The maximum absolute atomic E-state index is 13.7. The number of fused-ring (bicyclic) bond motifs is 1. The topological polar surface area (TPSA) is 17.8 Å². The summed E-state index contributed by atoms with van der Waals surface area (Å²) in [6.07, 6.45) is 6.88. The van der Waals surface area contributed by atoms with Crippen LogP contribution in [0, 0.1) is 11.7 Å². The summed E-state index contributed by atoms with van der Waals surface area (Å²) in [6, 6.07) is 5.33. The lowest BCUT2D eigenvalue weighted by Gasteiger charge is -2.33. The quantitative estimate of drug-likeness (QED) is 0.719. The summed E-state index contributed by atoms with van der Waals surface area (Å²) in [7, 11) is 0. The largest absolute Gasteiger partial charge is 0.324 e. The molecule has 0 bridgehead atoms.